The third-order valence-corrected chi connectivity index (χ3v) is 2.85. The summed E-state index contributed by atoms with van der Waals surface area (Å²) in [6.45, 7) is 1.76. The van der Waals surface area contributed by atoms with Crippen LogP contribution in [0.15, 0.2) is 30.6 Å². The lowest BCUT2D eigenvalue weighted by atomic mass is 10.2. The standard InChI is InChI=1S/C13H9ClF3N3O/c1-7-4-10(11(14)19-5-7)20-12(21)9-3-2-8(6-18-9)13(15,16)17/h2-6H,1H3,(H,20,21). The van der Waals surface area contributed by atoms with Gasteiger partial charge in [0.25, 0.3) is 5.91 Å². The molecule has 2 rings (SSSR count). The summed E-state index contributed by atoms with van der Waals surface area (Å²) in [6, 6.07) is 3.38. The molecule has 1 N–H and O–H groups in total. The van der Waals surface area contributed by atoms with Gasteiger partial charge in [0.05, 0.1) is 11.3 Å². The third-order valence-electron chi connectivity index (χ3n) is 2.55. The summed E-state index contributed by atoms with van der Waals surface area (Å²) < 4.78 is 37.2. The van der Waals surface area contributed by atoms with Gasteiger partial charge in [0.15, 0.2) is 5.15 Å². The molecule has 0 unspecified atom stereocenters. The van der Waals surface area contributed by atoms with Crippen LogP contribution in [0.3, 0.4) is 0 Å². The first-order chi connectivity index (χ1) is 9.77. The maximum Gasteiger partial charge on any atom is 0.417 e. The Bertz CT molecular complexity index is 671. The van der Waals surface area contributed by atoms with Gasteiger partial charge in [0.1, 0.15) is 5.69 Å². The van der Waals surface area contributed by atoms with E-state index in [0.717, 1.165) is 17.7 Å². The molecule has 1 amide bonds. The second kappa shape index (κ2) is 5.69. The number of aromatic nitrogens is 2. The van der Waals surface area contributed by atoms with Gasteiger partial charge in [0, 0.05) is 12.4 Å². The highest BCUT2D eigenvalue weighted by molar-refractivity contribution is 6.32. The molecule has 0 aliphatic heterocycles. The number of nitrogens with zero attached hydrogens (tertiary/aromatic N) is 2. The zero-order valence-corrected chi connectivity index (χ0v) is 11.5. The summed E-state index contributed by atoms with van der Waals surface area (Å²) in [5.41, 5.74) is -0.0340. The molecular weight excluding hydrogens is 307 g/mol. The van der Waals surface area contributed by atoms with Crippen LogP contribution in [0, 0.1) is 6.92 Å². The van der Waals surface area contributed by atoms with Crippen LogP contribution in [0.25, 0.3) is 0 Å². The van der Waals surface area contributed by atoms with Crippen LogP contribution in [-0.4, -0.2) is 15.9 Å². The molecule has 8 heteroatoms. The van der Waals surface area contributed by atoms with Crippen molar-refractivity contribution in [3.63, 3.8) is 0 Å². The van der Waals surface area contributed by atoms with Gasteiger partial charge in [-0.05, 0) is 30.7 Å². The van der Waals surface area contributed by atoms with Crippen molar-refractivity contribution in [2.75, 3.05) is 5.32 Å². The molecule has 2 heterocycles. The van der Waals surface area contributed by atoms with Crippen molar-refractivity contribution in [2.24, 2.45) is 0 Å². The van der Waals surface area contributed by atoms with Crippen LogP contribution in [0.4, 0.5) is 18.9 Å². The van der Waals surface area contributed by atoms with Gasteiger partial charge >= 0.3 is 6.18 Å². The molecule has 0 aliphatic rings. The van der Waals surface area contributed by atoms with Gasteiger partial charge in [-0.1, -0.05) is 11.6 Å². The minimum absolute atomic E-state index is 0.0841. The van der Waals surface area contributed by atoms with Crippen LogP contribution in [0.1, 0.15) is 21.6 Å². The van der Waals surface area contributed by atoms with Crippen molar-refractivity contribution < 1.29 is 18.0 Å². The van der Waals surface area contributed by atoms with E-state index in [1.54, 1.807) is 13.0 Å². The highest BCUT2D eigenvalue weighted by Gasteiger charge is 2.30. The first kappa shape index (κ1) is 15.2. The number of hydrogen-bond donors (Lipinski definition) is 1. The smallest absolute Gasteiger partial charge is 0.318 e. The number of amides is 1. The molecule has 0 aromatic carbocycles. The molecule has 21 heavy (non-hydrogen) atoms. The van der Waals surface area contributed by atoms with E-state index < -0.39 is 17.6 Å². The summed E-state index contributed by atoms with van der Waals surface area (Å²) in [5.74, 6) is -0.668. The number of anilines is 1. The minimum atomic E-state index is -4.49. The molecular formula is C13H9ClF3N3O. The minimum Gasteiger partial charge on any atom is -0.318 e. The molecule has 0 saturated carbocycles. The summed E-state index contributed by atoms with van der Waals surface area (Å²) >= 11 is 5.82. The second-order valence-electron chi connectivity index (χ2n) is 4.24. The number of nitrogens with one attached hydrogen (secondary N) is 1. The van der Waals surface area contributed by atoms with Gasteiger partial charge in [0.2, 0.25) is 0 Å². The molecule has 0 saturated heterocycles. The van der Waals surface area contributed by atoms with Gasteiger partial charge < -0.3 is 5.32 Å². The normalized spacial score (nSPS) is 11.3. The van der Waals surface area contributed by atoms with Gasteiger partial charge in [-0.2, -0.15) is 13.2 Å². The van der Waals surface area contributed by atoms with Crippen molar-refractivity contribution in [1.82, 2.24) is 9.97 Å². The van der Waals surface area contributed by atoms with Crippen molar-refractivity contribution in [3.8, 4) is 0 Å². The third kappa shape index (κ3) is 3.69. The molecule has 0 bridgehead atoms. The highest BCUT2D eigenvalue weighted by atomic mass is 35.5. The van der Waals surface area contributed by atoms with Gasteiger partial charge in [-0.15, -0.1) is 0 Å². The second-order valence-corrected chi connectivity index (χ2v) is 4.59. The monoisotopic (exact) mass is 315 g/mol. The van der Waals surface area contributed by atoms with E-state index in [1.165, 1.54) is 6.20 Å². The first-order valence-corrected chi connectivity index (χ1v) is 6.12. The number of alkyl halides is 3. The Morgan fingerprint density at radius 3 is 2.52 bits per heavy atom. The van der Waals surface area contributed by atoms with Crippen LogP contribution in [-0.2, 0) is 6.18 Å². The Morgan fingerprint density at radius 1 is 1.24 bits per heavy atom. The molecule has 0 fully saturated rings. The van der Waals surface area contributed by atoms with Gasteiger partial charge in [-0.25, -0.2) is 4.98 Å². The molecule has 0 spiro atoms. The van der Waals surface area contributed by atoms with Crippen molar-refractivity contribution in [3.05, 3.63) is 52.6 Å². The van der Waals surface area contributed by atoms with E-state index in [4.69, 9.17) is 11.6 Å². The molecule has 4 nitrogen and oxygen atoms in total. The van der Waals surface area contributed by atoms with Crippen molar-refractivity contribution >= 4 is 23.2 Å². The Labute approximate surface area is 123 Å². The predicted molar refractivity (Wildman–Crippen MR) is 71.2 cm³/mol. The van der Waals surface area contributed by atoms with E-state index in [1.807, 2.05) is 0 Å². The van der Waals surface area contributed by atoms with Crippen LogP contribution < -0.4 is 5.32 Å². The number of carbonyl (C=O) groups is 1. The Hall–Kier alpha value is -2.15. The fourth-order valence-corrected chi connectivity index (χ4v) is 1.67. The first-order valence-electron chi connectivity index (χ1n) is 5.74. The summed E-state index contributed by atoms with van der Waals surface area (Å²) in [5, 5.41) is 2.53. The van der Waals surface area contributed by atoms with Crippen molar-refractivity contribution in [2.45, 2.75) is 13.1 Å². The largest absolute Gasteiger partial charge is 0.417 e. The Morgan fingerprint density at radius 2 is 1.95 bits per heavy atom. The maximum absolute atomic E-state index is 12.4. The number of pyridine rings is 2. The van der Waals surface area contributed by atoms with Crippen molar-refractivity contribution in [1.29, 1.82) is 0 Å². The maximum atomic E-state index is 12.4. The zero-order valence-electron chi connectivity index (χ0n) is 10.7. The van der Waals surface area contributed by atoms with Crippen LogP contribution in [0.2, 0.25) is 5.15 Å². The van der Waals surface area contributed by atoms with E-state index in [9.17, 15) is 18.0 Å². The Balaban J connectivity index is 2.19. The number of aryl methyl sites for hydroxylation is 1. The van der Waals surface area contributed by atoms with E-state index >= 15 is 0 Å². The average Bonchev–Trinajstić information content (AvgIpc) is 2.42. The van der Waals surface area contributed by atoms with E-state index in [-0.39, 0.29) is 16.5 Å². The quantitative estimate of drug-likeness (QED) is 0.860. The van der Waals surface area contributed by atoms with Crippen LogP contribution in [0.5, 0.6) is 0 Å². The summed E-state index contributed by atoms with van der Waals surface area (Å²) in [6.07, 6.45) is -2.37. The highest BCUT2D eigenvalue weighted by Crippen LogP contribution is 2.28. The molecule has 2 aromatic rings. The van der Waals surface area contributed by atoms with Crippen LogP contribution >= 0.6 is 11.6 Å². The number of carbonyl (C=O) groups excluding carboxylic acids is 1. The average molecular weight is 316 g/mol. The Kier molecular flexibility index (Phi) is 4.13. The molecule has 0 atom stereocenters. The molecule has 2 aromatic heterocycles. The van der Waals surface area contributed by atoms with E-state index in [0.29, 0.717) is 6.20 Å². The predicted octanol–water partition coefficient (Wildman–Crippen LogP) is 3.71. The molecule has 0 radical (unpaired) electrons. The SMILES string of the molecule is Cc1cnc(Cl)c(NC(=O)c2ccc(C(F)(F)F)cn2)c1. The molecule has 0 aliphatic carbocycles. The lowest BCUT2D eigenvalue weighted by Crippen LogP contribution is -2.15. The summed E-state index contributed by atoms with van der Waals surface area (Å²) in [7, 11) is 0. The lowest BCUT2D eigenvalue weighted by molar-refractivity contribution is -0.137. The lowest BCUT2D eigenvalue weighted by Gasteiger charge is -2.08. The number of hydrogen-bond acceptors (Lipinski definition) is 3. The number of rotatable bonds is 2. The fraction of sp³-hybridized carbons (Fsp3) is 0.154. The number of halogens is 4. The van der Waals surface area contributed by atoms with Gasteiger partial charge in [-0.3, -0.25) is 9.78 Å². The van der Waals surface area contributed by atoms with E-state index in [2.05, 4.69) is 15.3 Å². The fourth-order valence-electron chi connectivity index (χ4n) is 1.52. The summed E-state index contributed by atoms with van der Waals surface area (Å²) in [4.78, 5) is 19.2. The topological polar surface area (TPSA) is 54.9 Å². The molecule has 110 valence electrons. The zero-order chi connectivity index (χ0) is 15.6.